The smallest absolute Gasteiger partial charge is 0.290 e. The van der Waals surface area contributed by atoms with Gasteiger partial charge in [0.05, 0.1) is 23.0 Å². The third-order valence-electron chi connectivity index (χ3n) is 6.07. The first-order chi connectivity index (χ1) is 17.5. The van der Waals surface area contributed by atoms with E-state index < -0.39 is 11.8 Å². The molecule has 0 spiro atoms. The standard InChI is InChI=1S/C27H24N6O3/c1-3-32-17(2)28-22-15-19(13-14-23(22)32)25(34)29-30-26(35)24-20-11-7-8-12-21(20)27(36)33(31-24)16-18-9-5-4-6-10-18/h4-15H,3,16H2,1-2H3,(H,29,34)(H,30,35). The minimum Gasteiger partial charge on any atom is -0.329 e. The molecule has 9 heteroatoms. The van der Waals surface area contributed by atoms with Gasteiger partial charge in [0.2, 0.25) is 0 Å². The van der Waals surface area contributed by atoms with Gasteiger partial charge in [-0.3, -0.25) is 25.2 Å². The Hall–Kier alpha value is -4.79. The predicted octanol–water partition coefficient (Wildman–Crippen LogP) is 3.20. The maximum absolute atomic E-state index is 13.1. The van der Waals surface area contributed by atoms with Crippen LogP contribution in [-0.2, 0) is 13.1 Å². The van der Waals surface area contributed by atoms with Crippen molar-refractivity contribution >= 4 is 33.6 Å². The van der Waals surface area contributed by atoms with E-state index in [4.69, 9.17) is 0 Å². The summed E-state index contributed by atoms with van der Waals surface area (Å²) in [7, 11) is 0. The fraction of sp³-hybridized carbons (Fsp3) is 0.148. The van der Waals surface area contributed by atoms with Gasteiger partial charge in [-0.1, -0.05) is 48.5 Å². The topological polar surface area (TPSA) is 111 Å². The summed E-state index contributed by atoms with van der Waals surface area (Å²) in [6, 6.07) is 21.4. The summed E-state index contributed by atoms with van der Waals surface area (Å²) in [6.45, 7) is 4.93. The van der Waals surface area contributed by atoms with E-state index >= 15 is 0 Å². The van der Waals surface area contributed by atoms with E-state index in [1.807, 2.05) is 50.2 Å². The molecule has 0 atom stereocenters. The zero-order valence-corrected chi connectivity index (χ0v) is 19.9. The lowest BCUT2D eigenvalue weighted by atomic mass is 10.1. The molecule has 2 amide bonds. The van der Waals surface area contributed by atoms with Crippen LogP contribution in [-0.4, -0.2) is 31.1 Å². The van der Waals surface area contributed by atoms with Crippen molar-refractivity contribution < 1.29 is 9.59 Å². The van der Waals surface area contributed by atoms with Crippen LogP contribution >= 0.6 is 0 Å². The van der Waals surface area contributed by atoms with Crippen LogP contribution in [0.25, 0.3) is 21.8 Å². The Bertz CT molecular complexity index is 1670. The van der Waals surface area contributed by atoms with Gasteiger partial charge in [0.15, 0.2) is 5.69 Å². The van der Waals surface area contributed by atoms with Crippen LogP contribution in [0.15, 0.2) is 77.6 Å². The summed E-state index contributed by atoms with van der Waals surface area (Å²) in [5, 5.41) is 5.11. The zero-order valence-electron chi connectivity index (χ0n) is 19.9. The van der Waals surface area contributed by atoms with Crippen LogP contribution in [0, 0.1) is 6.92 Å². The lowest BCUT2D eigenvalue weighted by Gasteiger charge is -2.12. The summed E-state index contributed by atoms with van der Waals surface area (Å²) in [6.07, 6.45) is 0. The molecule has 2 aromatic heterocycles. The molecule has 9 nitrogen and oxygen atoms in total. The number of nitrogens with one attached hydrogen (secondary N) is 2. The highest BCUT2D eigenvalue weighted by Gasteiger charge is 2.18. The van der Waals surface area contributed by atoms with Gasteiger partial charge in [-0.2, -0.15) is 5.10 Å². The van der Waals surface area contributed by atoms with E-state index in [0.29, 0.717) is 21.9 Å². The number of nitrogens with zero attached hydrogens (tertiary/aromatic N) is 4. The number of carbonyl (C=O) groups excluding carboxylic acids is 2. The van der Waals surface area contributed by atoms with Gasteiger partial charge in [-0.05, 0) is 43.7 Å². The minimum atomic E-state index is -0.631. The van der Waals surface area contributed by atoms with Crippen molar-refractivity contribution in [1.29, 1.82) is 0 Å². The molecule has 0 aliphatic carbocycles. The fourth-order valence-electron chi connectivity index (χ4n) is 4.30. The Balaban J connectivity index is 1.41. The van der Waals surface area contributed by atoms with E-state index in [0.717, 1.165) is 23.4 Å². The van der Waals surface area contributed by atoms with Crippen LogP contribution in [0.2, 0.25) is 0 Å². The highest BCUT2D eigenvalue weighted by Crippen LogP contribution is 2.18. The molecule has 5 rings (SSSR count). The molecule has 36 heavy (non-hydrogen) atoms. The lowest BCUT2D eigenvalue weighted by molar-refractivity contribution is 0.0844. The summed E-state index contributed by atoms with van der Waals surface area (Å²) in [4.78, 5) is 43.4. The van der Waals surface area contributed by atoms with Gasteiger partial charge < -0.3 is 4.57 Å². The third kappa shape index (κ3) is 4.22. The summed E-state index contributed by atoms with van der Waals surface area (Å²) in [5.41, 5.74) is 7.48. The van der Waals surface area contributed by atoms with Gasteiger partial charge >= 0.3 is 0 Å². The maximum atomic E-state index is 13.1. The van der Waals surface area contributed by atoms with Crippen molar-refractivity contribution in [2.24, 2.45) is 0 Å². The molecular weight excluding hydrogens is 456 g/mol. The molecule has 0 saturated heterocycles. The number of hydrogen-bond acceptors (Lipinski definition) is 5. The summed E-state index contributed by atoms with van der Waals surface area (Å²) in [5.74, 6) is -0.258. The first kappa shape index (κ1) is 23.0. The number of hydrazine groups is 1. The quantitative estimate of drug-likeness (QED) is 0.375. The number of amides is 2. The van der Waals surface area contributed by atoms with Crippen LogP contribution in [0.1, 0.15) is 39.2 Å². The minimum absolute atomic E-state index is 0.0363. The van der Waals surface area contributed by atoms with Crippen LogP contribution in [0.5, 0.6) is 0 Å². The summed E-state index contributed by atoms with van der Waals surface area (Å²) >= 11 is 0. The second-order valence-electron chi connectivity index (χ2n) is 8.36. The number of carbonyl (C=O) groups is 2. The molecule has 0 fully saturated rings. The summed E-state index contributed by atoms with van der Waals surface area (Å²) < 4.78 is 3.31. The molecule has 0 radical (unpaired) electrons. The van der Waals surface area contributed by atoms with Gasteiger partial charge in [0.25, 0.3) is 17.4 Å². The first-order valence-corrected chi connectivity index (χ1v) is 11.6. The van der Waals surface area contributed by atoms with Crippen molar-refractivity contribution in [2.75, 3.05) is 0 Å². The van der Waals surface area contributed by atoms with Crippen molar-refractivity contribution in [3.63, 3.8) is 0 Å². The number of hydrogen-bond donors (Lipinski definition) is 2. The molecule has 0 saturated carbocycles. The number of rotatable bonds is 5. The SMILES string of the molecule is CCn1c(C)nc2cc(C(=O)NNC(=O)c3nn(Cc4ccccc4)c(=O)c4ccccc34)ccc21. The van der Waals surface area contributed by atoms with E-state index in [1.54, 1.807) is 36.4 Å². The monoisotopic (exact) mass is 480 g/mol. The largest absolute Gasteiger partial charge is 0.329 e. The highest BCUT2D eigenvalue weighted by atomic mass is 16.2. The number of imidazole rings is 1. The van der Waals surface area contributed by atoms with Crippen molar-refractivity contribution in [2.45, 2.75) is 26.9 Å². The zero-order chi connectivity index (χ0) is 25.2. The Morgan fingerprint density at radius 1 is 0.889 bits per heavy atom. The van der Waals surface area contributed by atoms with Gasteiger partial charge in [-0.15, -0.1) is 0 Å². The van der Waals surface area contributed by atoms with Crippen LogP contribution < -0.4 is 16.4 Å². The van der Waals surface area contributed by atoms with E-state index in [1.165, 1.54) is 4.68 Å². The molecule has 0 aliphatic rings. The molecule has 0 aliphatic heterocycles. The van der Waals surface area contributed by atoms with Gasteiger partial charge in [0, 0.05) is 17.5 Å². The molecule has 0 bridgehead atoms. The Morgan fingerprint density at radius 2 is 1.58 bits per heavy atom. The molecule has 180 valence electrons. The van der Waals surface area contributed by atoms with Crippen molar-refractivity contribution in [3.05, 3.63) is 106 Å². The normalized spacial score (nSPS) is 11.1. The van der Waals surface area contributed by atoms with Crippen LogP contribution in [0.3, 0.4) is 0 Å². The lowest BCUT2D eigenvalue weighted by Crippen LogP contribution is -2.42. The highest BCUT2D eigenvalue weighted by molar-refractivity contribution is 6.06. The van der Waals surface area contributed by atoms with E-state index in [9.17, 15) is 14.4 Å². The number of benzene rings is 3. The van der Waals surface area contributed by atoms with Crippen molar-refractivity contribution in [3.8, 4) is 0 Å². The van der Waals surface area contributed by atoms with Crippen LogP contribution in [0.4, 0.5) is 0 Å². The molecule has 2 heterocycles. The third-order valence-corrected chi connectivity index (χ3v) is 6.07. The fourth-order valence-corrected chi connectivity index (χ4v) is 4.30. The van der Waals surface area contributed by atoms with Gasteiger partial charge in [0.1, 0.15) is 5.82 Å². The molecule has 2 N–H and O–H groups in total. The Kier molecular flexibility index (Phi) is 6.03. The molecule has 5 aromatic rings. The van der Waals surface area contributed by atoms with E-state index in [-0.39, 0.29) is 17.8 Å². The second-order valence-corrected chi connectivity index (χ2v) is 8.36. The average molecular weight is 481 g/mol. The molecule has 0 unspecified atom stereocenters. The van der Waals surface area contributed by atoms with Gasteiger partial charge in [-0.25, -0.2) is 9.67 Å². The molecule has 3 aromatic carbocycles. The Labute approximate surface area is 206 Å². The number of fused-ring (bicyclic) bond motifs is 2. The van der Waals surface area contributed by atoms with E-state index in [2.05, 4.69) is 25.5 Å². The van der Waals surface area contributed by atoms with Crippen molar-refractivity contribution in [1.82, 2.24) is 30.2 Å². The maximum Gasteiger partial charge on any atom is 0.290 e. The second kappa shape index (κ2) is 9.46. The molecular formula is C27H24N6O3. The first-order valence-electron chi connectivity index (χ1n) is 11.6. The number of aromatic nitrogens is 4. The average Bonchev–Trinajstić information content (AvgIpc) is 3.23. The Morgan fingerprint density at radius 3 is 2.33 bits per heavy atom. The predicted molar refractivity (Wildman–Crippen MR) is 137 cm³/mol. The number of aryl methyl sites for hydroxylation is 2.